The van der Waals surface area contributed by atoms with Crippen LogP contribution in [-0.4, -0.2) is 105 Å². The van der Waals surface area contributed by atoms with Crippen LogP contribution in [-0.2, 0) is 20.9 Å². The number of nitrogens with zero attached hydrogens (tertiary/aromatic N) is 8. The molecule has 266 valence electrons. The number of halogens is 1. The van der Waals surface area contributed by atoms with Crippen LogP contribution in [0.1, 0.15) is 50.5 Å². The normalized spacial score (nSPS) is 19.5. The molecule has 3 aromatic heterocycles. The lowest BCUT2D eigenvalue weighted by molar-refractivity contribution is -0.157. The van der Waals surface area contributed by atoms with Crippen molar-refractivity contribution in [3.05, 3.63) is 66.2 Å². The fraction of sp³-hybridized carbons (Fsp3) is 0.474. The van der Waals surface area contributed by atoms with Gasteiger partial charge in [-0.25, -0.2) is 18.9 Å². The minimum absolute atomic E-state index is 0.0379. The van der Waals surface area contributed by atoms with Crippen molar-refractivity contribution < 1.29 is 18.7 Å². The first-order valence-electron chi connectivity index (χ1n) is 18.0. The second-order valence-corrected chi connectivity index (χ2v) is 14.0. The summed E-state index contributed by atoms with van der Waals surface area (Å²) < 4.78 is 24.0. The first-order chi connectivity index (χ1) is 24.8. The van der Waals surface area contributed by atoms with Gasteiger partial charge in [-0.2, -0.15) is 10.4 Å². The molecule has 1 aromatic carbocycles. The van der Waals surface area contributed by atoms with Gasteiger partial charge in [-0.1, -0.05) is 30.3 Å². The number of aromatic nitrogens is 4. The van der Waals surface area contributed by atoms with Crippen molar-refractivity contribution in [2.24, 2.45) is 5.92 Å². The van der Waals surface area contributed by atoms with E-state index in [4.69, 9.17) is 15.0 Å². The average Bonchev–Trinajstić information content (AvgIpc) is 3.59. The number of benzene rings is 1. The van der Waals surface area contributed by atoms with E-state index in [-0.39, 0.29) is 47.9 Å². The summed E-state index contributed by atoms with van der Waals surface area (Å²) in [6, 6.07) is 15.2. The topological polar surface area (TPSA) is 132 Å². The molecule has 3 aliphatic rings. The molecule has 0 radical (unpaired) electrons. The average molecular weight is 694 g/mol. The first kappa shape index (κ1) is 34.5. The molecule has 3 fully saturated rings. The highest BCUT2D eigenvalue weighted by atomic mass is 19.1. The molecule has 1 amide bonds. The third-order valence-corrected chi connectivity index (χ3v) is 10.4. The number of esters is 1. The molecule has 0 unspecified atom stereocenters. The summed E-state index contributed by atoms with van der Waals surface area (Å²) in [4.78, 5) is 41.0. The summed E-state index contributed by atoms with van der Waals surface area (Å²) >= 11 is 0. The van der Waals surface area contributed by atoms with Crippen molar-refractivity contribution in [3.63, 3.8) is 0 Å². The van der Waals surface area contributed by atoms with Crippen LogP contribution in [0.15, 0.2) is 54.9 Å². The summed E-state index contributed by atoms with van der Waals surface area (Å²) in [7, 11) is 2.10. The SMILES string of the molecule is CN1CCC(OC(=O)C2CCN(Cc3ccc(-c4nc(-c5cnn6ccccc56)nc(N[C@@H]5CCCN(C(=O)CC#N)C5)c4F)cc3)CC2)CC1. The summed E-state index contributed by atoms with van der Waals surface area (Å²) in [6.07, 6.45) is 8.20. The molecule has 0 saturated carbocycles. The Labute approximate surface area is 297 Å². The number of likely N-dealkylation sites (tertiary alicyclic amines) is 3. The molecule has 13 heteroatoms. The Morgan fingerprint density at radius 2 is 1.78 bits per heavy atom. The number of carbonyl (C=O) groups is 2. The van der Waals surface area contributed by atoms with Crippen LogP contribution in [0.25, 0.3) is 28.2 Å². The number of piperidine rings is 3. The van der Waals surface area contributed by atoms with Crippen LogP contribution in [0, 0.1) is 23.1 Å². The van der Waals surface area contributed by atoms with E-state index in [9.17, 15) is 9.59 Å². The molecule has 0 bridgehead atoms. The van der Waals surface area contributed by atoms with E-state index >= 15 is 4.39 Å². The lowest BCUT2D eigenvalue weighted by Crippen LogP contribution is -2.45. The van der Waals surface area contributed by atoms with Crippen molar-refractivity contribution in [1.29, 1.82) is 5.26 Å². The molecule has 1 atom stereocenters. The largest absolute Gasteiger partial charge is 0.462 e. The third kappa shape index (κ3) is 8.02. The van der Waals surface area contributed by atoms with E-state index in [2.05, 4.69) is 32.2 Å². The molecule has 7 rings (SSSR count). The van der Waals surface area contributed by atoms with E-state index in [1.54, 1.807) is 15.6 Å². The summed E-state index contributed by atoms with van der Waals surface area (Å²) in [5.74, 6) is -0.502. The van der Waals surface area contributed by atoms with E-state index in [1.165, 1.54) is 0 Å². The fourth-order valence-electron chi connectivity index (χ4n) is 7.37. The number of nitrogens with one attached hydrogen (secondary N) is 1. The van der Waals surface area contributed by atoms with Crippen molar-refractivity contribution >= 4 is 23.2 Å². The zero-order chi connectivity index (χ0) is 35.3. The van der Waals surface area contributed by atoms with Crippen LogP contribution >= 0.6 is 0 Å². The summed E-state index contributed by atoms with van der Waals surface area (Å²) in [5.41, 5.74) is 3.34. The van der Waals surface area contributed by atoms with Crippen molar-refractivity contribution in [2.45, 2.75) is 63.6 Å². The number of anilines is 1. The standard InChI is InChI=1S/C38H44FN9O3/c1-45-19-14-30(15-20-45)51-38(50)28-12-21-46(22-13-28)24-26-7-9-27(10-8-26)35-34(39)37(42-29-5-4-17-47(25-29)33(49)11-16-40)44-36(43-35)31-23-41-48-18-3-2-6-32(31)48/h2-3,6-10,18,23,28-30H,4-5,11-15,17,19-22,24-25H2,1H3,(H,42,43,44)/t29-/m1/s1. The molecular formula is C38H44FN9O3. The monoisotopic (exact) mass is 693 g/mol. The van der Waals surface area contributed by atoms with Gasteiger partial charge in [0.25, 0.3) is 0 Å². The second-order valence-electron chi connectivity index (χ2n) is 14.0. The van der Waals surface area contributed by atoms with E-state index in [1.807, 2.05) is 54.7 Å². The molecule has 12 nitrogen and oxygen atoms in total. The van der Waals surface area contributed by atoms with Gasteiger partial charge < -0.3 is 19.9 Å². The predicted molar refractivity (Wildman–Crippen MR) is 190 cm³/mol. The number of rotatable bonds is 9. The smallest absolute Gasteiger partial charge is 0.309 e. The van der Waals surface area contributed by atoms with Crippen LogP contribution in [0.2, 0.25) is 0 Å². The van der Waals surface area contributed by atoms with E-state index in [0.29, 0.717) is 30.0 Å². The molecule has 6 heterocycles. The molecule has 0 aliphatic carbocycles. The Morgan fingerprint density at radius 3 is 2.55 bits per heavy atom. The highest BCUT2D eigenvalue weighted by Gasteiger charge is 2.30. The van der Waals surface area contributed by atoms with Gasteiger partial charge >= 0.3 is 5.97 Å². The van der Waals surface area contributed by atoms with Gasteiger partial charge in [0.2, 0.25) is 5.91 Å². The number of carbonyl (C=O) groups excluding carboxylic acids is 2. The summed E-state index contributed by atoms with van der Waals surface area (Å²) in [6.45, 7) is 5.21. The number of amides is 1. The van der Waals surface area contributed by atoms with Gasteiger partial charge in [0.1, 0.15) is 18.2 Å². The Kier molecular flexibility index (Phi) is 10.5. The minimum Gasteiger partial charge on any atom is -0.462 e. The van der Waals surface area contributed by atoms with Gasteiger partial charge in [0, 0.05) is 50.5 Å². The molecule has 4 aromatic rings. The van der Waals surface area contributed by atoms with Crippen LogP contribution in [0.4, 0.5) is 10.2 Å². The van der Waals surface area contributed by atoms with Gasteiger partial charge in [-0.15, -0.1) is 0 Å². The quantitative estimate of drug-likeness (QED) is 0.245. The molecule has 51 heavy (non-hydrogen) atoms. The maximum Gasteiger partial charge on any atom is 0.309 e. The van der Waals surface area contributed by atoms with Crippen molar-refractivity contribution in [3.8, 4) is 28.7 Å². The number of nitriles is 1. The second kappa shape index (κ2) is 15.5. The van der Waals surface area contributed by atoms with Crippen LogP contribution in [0.3, 0.4) is 0 Å². The Balaban J connectivity index is 1.06. The Hall–Kier alpha value is -4.93. The Bertz CT molecular complexity index is 1890. The van der Waals surface area contributed by atoms with E-state index < -0.39 is 5.82 Å². The zero-order valence-electron chi connectivity index (χ0n) is 29.0. The first-order valence-corrected chi connectivity index (χ1v) is 18.0. The lowest BCUT2D eigenvalue weighted by atomic mass is 9.96. The minimum atomic E-state index is -0.572. The van der Waals surface area contributed by atoms with Crippen LogP contribution < -0.4 is 5.32 Å². The van der Waals surface area contributed by atoms with Crippen LogP contribution in [0.5, 0.6) is 0 Å². The highest BCUT2D eigenvalue weighted by molar-refractivity contribution is 5.79. The Morgan fingerprint density at radius 1 is 1.00 bits per heavy atom. The number of hydrogen-bond acceptors (Lipinski definition) is 10. The predicted octanol–water partition coefficient (Wildman–Crippen LogP) is 4.76. The van der Waals surface area contributed by atoms with Gasteiger partial charge in [0.05, 0.1) is 29.3 Å². The molecular weight excluding hydrogens is 649 g/mol. The van der Waals surface area contributed by atoms with Crippen molar-refractivity contribution in [1.82, 2.24) is 34.3 Å². The fourth-order valence-corrected chi connectivity index (χ4v) is 7.37. The van der Waals surface area contributed by atoms with Gasteiger partial charge in [0.15, 0.2) is 17.5 Å². The van der Waals surface area contributed by atoms with Gasteiger partial charge in [-0.3, -0.25) is 14.5 Å². The number of pyridine rings is 1. The maximum absolute atomic E-state index is 16.4. The van der Waals surface area contributed by atoms with Gasteiger partial charge in [-0.05, 0) is 76.4 Å². The molecule has 1 N–H and O–H groups in total. The number of fused-ring (bicyclic) bond motifs is 1. The lowest BCUT2D eigenvalue weighted by Gasteiger charge is -2.33. The number of ether oxygens (including phenoxy) is 1. The summed E-state index contributed by atoms with van der Waals surface area (Å²) in [5, 5.41) is 16.7. The number of hydrogen-bond donors (Lipinski definition) is 1. The maximum atomic E-state index is 16.4. The highest BCUT2D eigenvalue weighted by Crippen LogP contribution is 2.32. The molecule has 0 spiro atoms. The van der Waals surface area contributed by atoms with E-state index in [0.717, 1.165) is 82.3 Å². The third-order valence-electron chi connectivity index (χ3n) is 10.4. The molecule has 3 aliphatic heterocycles. The van der Waals surface area contributed by atoms with Crippen molar-refractivity contribution in [2.75, 3.05) is 51.6 Å². The zero-order valence-corrected chi connectivity index (χ0v) is 29.0. The molecule has 3 saturated heterocycles.